The maximum atomic E-state index is 9.52. The Morgan fingerprint density at radius 2 is 2.15 bits per heavy atom. The van der Waals surface area contributed by atoms with Crippen LogP contribution in [-0.4, -0.2) is 11.2 Å². The number of aliphatic hydroxyl groups is 1. The van der Waals surface area contributed by atoms with Gasteiger partial charge in [0.2, 0.25) is 0 Å². The summed E-state index contributed by atoms with van der Waals surface area (Å²) in [5.41, 5.74) is 0. The largest absolute Gasteiger partial charge is 0.393 e. The highest BCUT2D eigenvalue weighted by molar-refractivity contribution is 4.73. The fourth-order valence-corrected chi connectivity index (χ4v) is 2.66. The molecule has 1 fully saturated rings. The smallest absolute Gasteiger partial charge is 0.0542 e. The van der Waals surface area contributed by atoms with Crippen molar-refractivity contribution in [2.75, 3.05) is 0 Å². The van der Waals surface area contributed by atoms with Crippen molar-refractivity contribution in [1.29, 1.82) is 0 Å². The molecule has 0 aromatic carbocycles. The van der Waals surface area contributed by atoms with Crippen LogP contribution in [0.25, 0.3) is 0 Å². The molecule has 0 aliphatic heterocycles. The van der Waals surface area contributed by atoms with Gasteiger partial charge < -0.3 is 5.11 Å². The van der Waals surface area contributed by atoms with Crippen LogP contribution in [0.1, 0.15) is 58.8 Å². The van der Waals surface area contributed by atoms with Crippen LogP contribution in [0, 0.1) is 11.8 Å². The van der Waals surface area contributed by atoms with E-state index in [4.69, 9.17) is 0 Å². The van der Waals surface area contributed by atoms with Gasteiger partial charge in [0, 0.05) is 0 Å². The van der Waals surface area contributed by atoms with Crippen LogP contribution in [0.3, 0.4) is 0 Å². The number of hydrogen-bond donors (Lipinski definition) is 1. The van der Waals surface area contributed by atoms with Gasteiger partial charge in [0.25, 0.3) is 0 Å². The summed E-state index contributed by atoms with van der Waals surface area (Å²) in [7, 11) is 0. The molecule has 3 atom stereocenters. The number of aliphatic hydroxyl groups excluding tert-OH is 1. The molecule has 1 aliphatic carbocycles. The van der Waals surface area contributed by atoms with Gasteiger partial charge >= 0.3 is 0 Å². The molecule has 1 nitrogen and oxygen atoms in total. The average molecular weight is 184 g/mol. The molecule has 0 spiro atoms. The van der Waals surface area contributed by atoms with Crippen LogP contribution < -0.4 is 0 Å². The minimum atomic E-state index is 0.00702. The van der Waals surface area contributed by atoms with E-state index in [0.717, 1.165) is 24.7 Å². The fourth-order valence-electron chi connectivity index (χ4n) is 2.66. The molecule has 1 saturated carbocycles. The summed E-state index contributed by atoms with van der Waals surface area (Å²) in [6, 6.07) is 0. The van der Waals surface area contributed by atoms with Gasteiger partial charge in [0.05, 0.1) is 6.10 Å². The van der Waals surface area contributed by atoms with Gasteiger partial charge in [-0.25, -0.2) is 0 Å². The second-order valence-electron chi connectivity index (χ2n) is 4.82. The number of hydrogen-bond acceptors (Lipinski definition) is 1. The second-order valence-corrected chi connectivity index (χ2v) is 4.82. The summed E-state index contributed by atoms with van der Waals surface area (Å²) in [4.78, 5) is 0. The molecule has 3 unspecified atom stereocenters. The summed E-state index contributed by atoms with van der Waals surface area (Å²) in [5.74, 6) is 1.67. The van der Waals surface area contributed by atoms with E-state index < -0.39 is 0 Å². The van der Waals surface area contributed by atoms with Crippen molar-refractivity contribution < 1.29 is 5.11 Å². The normalized spacial score (nSPS) is 31.6. The zero-order chi connectivity index (χ0) is 9.68. The third kappa shape index (κ3) is 4.12. The van der Waals surface area contributed by atoms with Crippen LogP contribution in [-0.2, 0) is 0 Å². The lowest BCUT2D eigenvalue weighted by Crippen LogP contribution is -2.21. The zero-order valence-corrected chi connectivity index (χ0v) is 9.13. The van der Waals surface area contributed by atoms with E-state index in [1.807, 2.05) is 0 Å². The first-order chi connectivity index (χ1) is 6.22. The first-order valence-electron chi connectivity index (χ1n) is 5.90. The van der Waals surface area contributed by atoms with E-state index in [-0.39, 0.29) is 6.10 Å². The van der Waals surface area contributed by atoms with E-state index >= 15 is 0 Å². The van der Waals surface area contributed by atoms with Gasteiger partial charge in [-0.05, 0) is 31.1 Å². The molecular formula is C12H24O. The summed E-state index contributed by atoms with van der Waals surface area (Å²) < 4.78 is 0. The molecule has 0 amide bonds. The van der Waals surface area contributed by atoms with E-state index in [0.29, 0.717) is 0 Å². The van der Waals surface area contributed by atoms with Gasteiger partial charge in [-0.3, -0.25) is 0 Å². The lowest BCUT2D eigenvalue weighted by molar-refractivity contribution is 0.0926. The van der Waals surface area contributed by atoms with E-state index in [1.54, 1.807) is 0 Å². The monoisotopic (exact) mass is 184 g/mol. The Balaban J connectivity index is 2.19. The molecule has 0 heterocycles. The molecule has 1 rings (SSSR count). The van der Waals surface area contributed by atoms with Gasteiger partial charge in [-0.15, -0.1) is 0 Å². The Bertz CT molecular complexity index is 133. The van der Waals surface area contributed by atoms with Crippen molar-refractivity contribution in [3.63, 3.8) is 0 Å². The molecule has 0 aromatic rings. The summed E-state index contributed by atoms with van der Waals surface area (Å²) in [6.45, 7) is 4.61. The van der Waals surface area contributed by atoms with Crippen molar-refractivity contribution in [2.24, 2.45) is 11.8 Å². The van der Waals surface area contributed by atoms with E-state index in [1.165, 1.54) is 32.1 Å². The Hall–Kier alpha value is -0.0400. The lowest BCUT2D eigenvalue weighted by atomic mass is 9.81. The molecule has 1 N–H and O–H groups in total. The molecule has 78 valence electrons. The minimum absolute atomic E-state index is 0.00702. The number of rotatable bonds is 4. The Kier molecular flexibility index (Phi) is 4.79. The van der Waals surface area contributed by atoms with Gasteiger partial charge in [-0.1, -0.05) is 39.5 Å². The lowest BCUT2D eigenvalue weighted by Gasteiger charge is -2.27. The molecule has 13 heavy (non-hydrogen) atoms. The highest BCUT2D eigenvalue weighted by Crippen LogP contribution is 2.30. The fraction of sp³-hybridized carbons (Fsp3) is 1.00. The van der Waals surface area contributed by atoms with Crippen molar-refractivity contribution >= 4 is 0 Å². The summed E-state index contributed by atoms with van der Waals surface area (Å²) >= 11 is 0. The van der Waals surface area contributed by atoms with Crippen molar-refractivity contribution in [1.82, 2.24) is 0 Å². The van der Waals surface area contributed by atoms with Crippen LogP contribution in [0.5, 0.6) is 0 Å². The van der Waals surface area contributed by atoms with Crippen molar-refractivity contribution in [2.45, 2.75) is 64.9 Å². The minimum Gasteiger partial charge on any atom is -0.393 e. The Morgan fingerprint density at radius 3 is 2.77 bits per heavy atom. The van der Waals surface area contributed by atoms with Crippen LogP contribution >= 0.6 is 0 Å². The standard InChI is InChI=1S/C12H24O/c1-3-5-10(2)8-11-6-4-7-12(13)9-11/h10-13H,3-9H2,1-2H3. The van der Waals surface area contributed by atoms with Crippen LogP contribution in [0.15, 0.2) is 0 Å². The second kappa shape index (κ2) is 5.64. The van der Waals surface area contributed by atoms with E-state index in [9.17, 15) is 5.11 Å². The Labute approximate surface area is 82.5 Å². The molecule has 1 heteroatoms. The topological polar surface area (TPSA) is 20.2 Å². The third-order valence-electron chi connectivity index (χ3n) is 3.27. The van der Waals surface area contributed by atoms with Gasteiger partial charge in [0.1, 0.15) is 0 Å². The zero-order valence-electron chi connectivity index (χ0n) is 9.13. The van der Waals surface area contributed by atoms with Gasteiger partial charge in [0.15, 0.2) is 0 Å². The highest BCUT2D eigenvalue weighted by atomic mass is 16.3. The quantitative estimate of drug-likeness (QED) is 0.710. The van der Waals surface area contributed by atoms with Crippen LogP contribution in [0.4, 0.5) is 0 Å². The molecule has 0 radical (unpaired) electrons. The highest BCUT2D eigenvalue weighted by Gasteiger charge is 2.21. The maximum Gasteiger partial charge on any atom is 0.0542 e. The predicted molar refractivity (Wildman–Crippen MR) is 56.7 cm³/mol. The maximum absolute atomic E-state index is 9.52. The van der Waals surface area contributed by atoms with Crippen LogP contribution in [0.2, 0.25) is 0 Å². The first-order valence-corrected chi connectivity index (χ1v) is 5.90. The molecule has 0 saturated heterocycles. The summed E-state index contributed by atoms with van der Waals surface area (Å²) in [6.07, 6.45) is 8.70. The van der Waals surface area contributed by atoms with Crippen molar-refractivity contribution in [3.8, 4) is 0 Å². The molecule has 0 aromatic heterocycles. The third-order valence-corrected chi connectivity index (χ3v) is 3.27. The van der Waals surface area contributed by atoms with E-state index in [2.05, 4.69) is 13.8 Å². The summed E-state index contributed by atoms with van der Waals surface area (Å²) in [5, 5.41) is 9.52. The molecule has 1 aliphatic rings. The first kappa shape index (κ1) is 11.0. The predicted octanol–water partition coefficient (Wildman–Crippen LogP) is 3.36. The van der Waals surface area contributed by atoms with Crippen molar-refractivity contribution in [3.05, 3.63) is 0 Å². The molecule has 0 bridgehead atoms. The van der Waals surface area contributed by atoms with Gasteiger partial charge in [-0.2, -0.15) is 0 Å². The Morgan fingerprint density at radius 1 is 1.38 bits per heavy atom. The molecular weight excluding hydrogens is 160 g/mol. The average Bonchev–Trinajstić information content (AvgIpc) is 2.04. The SMILES string of the molecule is CCCC(C)CC1CCCC(O)C1.